The van der Waals surface area contributed by atoms with Crippen LogP contribution in [0.15, 0.2) is 18.2 Å². The average Bonchev–Trinajstić information content (AvgIpc) is 2.65. The second-order valence-electron chi connectivity index (χ2n) is 4.80. The third-order valence-corrected chi connectivity index (χ3v) is 3.85. The van der Waals surface area contributed by atoms with Gasteiger partial charge in [0.1, 0.15) is 0 Å². The first-order valence-electron chi connectivity index (χ1n) is 6.55. The van der Waals surface area contributed by atoms with Gasteiger partial charge in [-0.3, -0.25) is 4.68 Å². The fourth-order valence-electron chi connectivity index (χ4n) is 2.28. The van der Waals surface area contributed by atoms with Crippen molar-refractivity contribution in [3.8, 4) is 0 Å². The number of aryl methyl sites for hydroxylation is 4. The molecule has 1 aromatic heterocycles. The van der Waals surface area contributed by atoms with Gasteiger partial charge in [0.15, 0.2) is 0 Å². The highest BCUT2D eigenvalue weighted by molar-refractivity contribution is 6.31. The summed E-state index contributed by atoms with van der Waals surface area (Å²) in [5.74, 6) is 0. The van der Waals surface area contributed by atoms with Crippen LogP contribution in [0, 0.1) is 13.8 Å². The molecule has 1 aromatic carbocycles. The molecular formula is C15H20ClN3. The summed E-state index contributed by atoms with van der Waals surface area (Å²) >= 11 is 6.35. The average molecular weight is 278 g/mol. The van der Waals surface area contributed by atoms with Gasteiger partial charge < -0.3 is 5.32 Å². The first-order chi connectivity index (χ1) is 9.04. The molecule has 0 amide bonds. The molecule has 2 rings (SSSR count). The van der Waals surface area contributed by atoms with Crippen LogP contribution >= 0.6 is 11.6 Å². The molecule has 0 aliphatic carbocycles. The zero-order chi connectivity index (χ0) is 14.0. The maximum Gasteiger partial charge on any atom is 0.0868 e. The lowest BCUT2D eigenvalue weighted by Crippen LogP contribution is -2.07. The van der Waals surface area contributed by atoms with E-state index in [0.29, 0.717) is 6.54 Å². The number of halogens is 1. The van der Waals surface area contributed by atoms with Crippen molar-refractivity contribution in [3.05, 3.63) is 45.7 Å². The van der Waals surface area contributed by atoms with E-state index in [1.165, 1.54) is 16.8 Å². The zero-order valence-electron chi connectivity index (χ0n) is 11.9. The number of aromatic nitrogens is 2. The van der Waals surface area contributed by atoms with E-state index in [0.717, 1.165) is 22.8 Å². The third kappa shape index (κ3) is 2.76. The minimum absolute atomic E-state index is 0.689. The van der Waals surface area contributed by atoms with E-state index >= 15 is 0 Å². The smallest absolute Gasteiger partial charge is 0.0868 e. The summed E-state index contributed by atoms with van der Waals surface area (Å²) in [6.07, 6.45) is 0.857. The summed E-state index contributed by atoms with van der Waals surface area (Å²) in [7, 11) is 1.94. The monoisotopic (exact) mass is 277 g/mol. The van der Waals surface area contributed by atoms with Gasteiger partial charge >= 0.3 is 0 Å². The van der Waals surface area contributed by atoms with Gasteiger partial charge in [-0.05, 0) is 31.4 Å². The summed E-state index contributed by atoms with van der Waals surface area (Å²) in [4.78, 5) is 0. The molecule has 1 heterocycles. The van der Waals surface area contributed by atoms with Gasteiger partial charge in [0.25, 0.3) is 0 Å². The van der Waals surface area contributed by atoms with Gasteiger partial charge in [-0.15, -0.1) is 0 Å². The van der Waals surface area contributed by atoms with Crippen molar-refractivity contribution in [1.29, 1.82) is 0 Å². The minimum atomic E-state index is 0.689. The quantitative estimate of drug-likeness (QED) is 0.919. The number of benzene rings is 1. The van der Waals surface area contributed by atoms with Crippen molar-refractivity contribution < 1.29 is 0 Å². The Morgan fingerprint density at radius 1 is 1.26 bits per heavy atom. The van der Waals surface area contributed by atoms with Gasteiger partial charge in [-0.25, -0.2) is 0 Å². The fourth-order valence-corrected chi connectivity index (χ4v) is 2.64. The molecule has 0 aliphatic heterocycles. The van der Waals surface area contributed by atoms with E-state index in [9.17, 15) is 0 Å². The van der Waals surface area contributed by atoms with Crippen LogP contribution in [-0.4, -0.2) is 9.78 Å². The molecule has 0 bridgehead atoms. The number of rotatable bonds is 4. The highest BCUT2D eigenvalue weighted by atomic mass is 35.5. The Morgan fingerprint density at radius 2 is 1.89 bits per heavy atom. The zero-order valence-corrected chi connectivity index (χ0v) is 12.7. The molecule has 3 nitrogen and oxygen atoms in total. The van der Waals surface area contributed by atoms with Gasteiger partial charge in [0.2, 0.25) is 0 Å². The lowest BCUT2D eigenvalue weighted by Gasteiger charge is -2.12. The van der Waals surface area contributed by atoms with Crippen LogP contribution < -0.4 is 5.32 Å². The van der Waals surface area contributed by atoms with E-state index in [2.05, 4.69) is 49.4 Å². The predicted molar refractivity (Wildman–Crippen MR) is 80.8 cm³/mol. The Labute approximate surface area is 119 Å². The Kier molecular flexibility index (Phi) is 4.15. The topological polar surface area (TPSA) is 29.9 Å². The highest BCUT2D eigenvalue weighted by Gasteiger charge is 2.13. The number of hydrogen-bond acceptors (Lipinski definition) is 2. The van der Waals surface area contributed by atoms with Gasteiger partial charge in [0.05, 0.1) is 23.0 Å². The van der Waals surface area contributed by atoms with Gasteiger partial charge in [-0.2, -0.15) is 5.10 Å². The van der Waals surface area contributed by atoms with Crippen LogP contribution in [0.25, 0.3) is 0 Å². The van der Waals surface area contributed by atoms with Crippen LogP contribution in [0.1, 0.15) is 29.4 Å². The first kappa shape index (κ1) is 13.9. The van der Waals surface area contributed by atoms with Crippen molar-refractivity contribution in [2.45, 2.75) is 33.7 Å². The number of nitrogens with one attached hydrogen (secondary N) is 1. The van der Waals surface area contributed by atoms with Crippen LogP contribution in [0.5, 0.6) is 0 Å². The molecule has 0 spiro atoms. The summed E-state index contributed by atoms with van der Waals surface area (Å²) in [6, 6.07) is 6.29. The van der Waals surface area contributed by atoms with Crippen molar-refractivity contribution in [1.82, 2.24) is 9.78 Å². The summed E-state index contributed by atoms with van der Waals surface area (Å²) in [5.41, 5.74) is 5.66. The van der Waals surface area contributed by atoms with Crippen molar-refractivity contribution in [2.75, 3.05) is 5.32 Å². The molecule has 4 heteroatoms. The Hall–Kier alpha value is -1.48. The summed E-state index contributed by atoms with van der Waals surface area (Å²) in [6.45, 7) is 6.97. The molecular weight excluding hydrogens is 258 g/mol. The van der Waals surface area contributed by atoms with Crippen molar-refractivity contribution in [3.63, 3.8) is 0 Å². The largest absolute Gasteiger partial charge is 0.379 e. The molecule has 0 aliphatic rings. The number of hydrogen-bond donors (Lipinski definition) is 1. The SMILES string of the molecule is CCc1nn(C)c(CNc2c(C)cccc2C)c1Cl. The highest BCUT2D eigenvalue weighted by Crippen LogP contribution is 2.24. The van der Waals surface area contributed by atoms with Crippen LogP contribution in [-0.2, 0) is 20.0 Å². The number of anilines is 1. The second kappa shape index (κ2) is 5.66. The summed E-state index contributed by atoms with van der Waals surface area (Å²) < 4.78 is 1.86. The standard InChI is InChI=1S/C15H20ClN3/c1-5-12-14(16)13(19(4)18-12)9-17-15-10(2)7-6-8-11(15)3/h6-8,17H,5,9H2,1-4H3. The van der Waals surface area contributed by atoms with Gasteiger partial charge in [-0.1, -0.05) is 36.7 Å². The number of para-hydroxylation sites is 1. The van der Waals surface area contributed by atoms with E-state index in [1.54, 1.807) is 0 Å². The van der Waals surface area contributed by atoms with Crippen LogP contribution in [0.2, 0.25) is 5.02 Å². The normalized spacial score (nSPS) is 10.8. The van der Waals surface area contributed by atoms with E-state index in [-0.39, 0.29) is 0 Å². The van der Waals surface area contributed by atoms with Crippen LogP contribution in [0.3, 0.4) is 0 Å². The van der Waals surface area contributed by atoms with Crippen LogP contribution in [0.4, 0.5) is 5.69 Å². The van der Waals surface area contributed by atoms with E-state index in [1.807, 2.05) is 11.7 Å². The third-order valence-electron chi connectivity index (χ3n) is 3.42. The molecule has 0 atom stereocenters. The molecule has 1 N–H and O–H groups in total. The van der Waals surface area contributed by atoms with Crippen molar-refractivity contribution in [2.24, 2.45) is 7.05 Å². The Bertz CT molecular complexity index is 567. The lowest BCUT2D eigenvalue weighted by molar-refractivity contribution is 0.706. The van der Waals surface area contributed by atoms with E-state index in [4.69, 9.17) is 11.6 Å². The molecule has 0 fully saturated rings. The molecule has 19 heavy (non-hydrogen) atoms. The predicted octanol–water partition coefficient (Wildman–Crippen LogP) is 3.86. The Morgan fingerprint density at radius 3 is 2.42 bits per heavy atom. The Balaban J connectivity index is 2.22. The van der Waals surface area contributed by atoms with Crippen molar-refractivity contribution >= 4 is 17.3 Å². The lowest BCUT2D eigenvalue weighted by atomic mass is 10.1. The molecule has 0 unspecified atom stereocenters. The maximum absolute atomic E-state index is 6.35. The van der Waals surface area contributed by atoms with Gasteiger partial charge in [0, 0.05) is 12.7 Å². The summed E-state index contributed by atoms with van der Waals surface area (Å²) in [5, 5.41) is 8.68. The minimum Gasteiger partial charge on any atom is -0.379 e. The molecule has 102 valence electrons. The maximum atomic E-state index is 6.35. The molecule has 0 saturated heterocycles. The molecule has 0 radical (unpaired) electrons. The first-order valence-corrected chi connectivity index (χ1v) is 6.92. The van der Waals surface area contributed by atoms with E-state index < -0.39 is 0 Å². The fraction of sp³-hybridized carbons (Fsp3) is 0.400. The molecule has 2 aromatic rings. The second-order valence-corrected chi connectivity index (χ2v) is 5.18. The molecule has 0 saturated carbocycles. The number of nitrogens with zero attached hydrogens (tertiary/aromatic N) is 2.